The summed E-state index contributed by atoms with van der Waals surface area (Å²) in [4.78, 5) is 8.36. The molecule has 0 unspecified atom stereocenters. The summed E-state index contributed by atoms with van der Waals surface area (Å²) in [5.41, 5.74) is 0. The quantitative estimate of drug-likeness (QED) is 0.901. The van der Waals surface area contributed by atoms with E-state index in [1.54, 1.807) is 6.33 Å². The van der Waals surface area contributed by atoms with Crippen molar-refractivity contribution in [2.45, 2.75) is 39.0 Å². The first-order valence-corrected chi connectivity index (χ1v) is 7.47. The van der Waals surface area contributed by atoms with Crippen LogP contribution in [0.25, 0.3) is 0 Å². The SMILES string of the molecule is CCNc1ncnc(OCC2CCCCC2)c1Br. The zero-order valence-electron chi connectivity index (χ0n) is 10.8. The molecule has 0 amide bonds. The summed E-state index contributed by atoms with van der Waals surface area (Å²) in [7, 11) is 0. The van der Waals surface area contributed by atoms with Gasteiger partial charge in [-0.1, -0.05) is 19.3 Å². The van der Waals surface area contributed by atoms with Gasteiger partial charge in [0.25, 0.3) is 0 Å². The largest absolute Gasteiger partial charge is 0.476 e. The third kappa shape index (κ3) is 3.57. The van der Waals surface area contributed by atoms with E-state index in [9.17, 15) is 0 Å². The zero-order valence-corrected chi connectivity index (χ0v) is 12.4. The average molecular weight is 314 g/mol. The van der Waals surface area contributed by atoms with Crippen molar-refractivity contribution in [2.24, 2.45) is 5.92 Å². The molecule has 1 aliphatic carbocycles. The van der Waals surface area contributed by atoms with Crippen molar-refractivity contribution in [2.75, 3.05) is 18.5 Å². The van der Waals surface area contributed by atoms with Crippen molar-refractivity contribution < 1.29 is 4.74 Å². The van der Waals surface area contributed by atoms with Crippen molar-refractivity contribution in [1.82, 2.24) is 9.97 Å². The molecule has 0 spiro atoms. The summed E-state index contributed by atoms with van der Waals surface area (Å²) in [6.45, 7) is 3.63. The molecule has 0 radical (unpaired) electrons. The molecule has 0 atom stereocenters. The second-order valence-corrected chi connectivity index (χ2v) is 5.48. The Morgan fingerprint density at radius 2 is 2.11 bits per heavy atom. The number of anilines is 1. The maximum atomic E-state index is 5.83. The lowest BCUT2D eigenvalue weighted by molar-refractivity contribution is 0.201. The van der Waals surface area contributed by atoms with Crippen LogP contribution in [0, 0.1) is 5.92 Å². The molecular weight excluding hydrogens is 294 g/mol. The summed E-state index contributed by atoms with van der Waals surface area (Å²) in [5.74, 6) is 2.13. The van der Waals surface area contributed by atoms with E-state index < -0.39 is 0 Å². The molecule has 5 heteroatoms. The van der Waals surface area contributed by atoms with Crippen LogP contribution in [0.4, 0.5) is 5.82 Å². The van der Waals surface area contributed by atoms with Gasteiger partial charge in [-0.3, -0.25) is 0 Å². The van der Waals surface area contributed by atoms with Gasteiger partial charge in [-0.2, -0.15) is 0 Å². The second-order valence-electron chi connectivity index (χ2n) is 4.69. The van der Waals surface area contributed by atoms with E-state index in [0.29, 0.717) is 11.8 Å². The van der Waals surface area contributed by atoms with Crippen molar-refractivity contribution in [1.29, 1.82) is 0 Å². The lowest BCUT2D eigenvalue weighted by Crippen LogP contribution is -2.16. The molecular formula is C13H20BrN3O. The average Bonchev–Trinajstić information content (AvgIpc) is 2.41. The molecule has 0 aliphatic heterocycles. The predicted octanol–water partition coefficient (Wildman–Crippen LogP) is 3.63. The van der Waals surface area contributed by atoms with E-state index in [2.05, 4.69) is 31.2 Å². The van der Waals surface area contributed by atoms with Gasteiger partial charge in [-0.05, 0) is 41.6 Å². The summed E-state index contributed by atoms with van der Waals surface area (Å²) in [6, 6.07) is 0. The van der Waals surface area contributed by atoms with E-state index in [-0.39, 0.29) is 0 Å². The highest BCUT2D eigenvalue weighted by Gasteiger charge is 2.16. The number of nitrogens with zero attached hydrogens (tertiary/aromatic N) is 2. The third-order valence-electron chi connectivity index (χ3n) is 3.28. The molecule has 1 saturated carbocycles. The van der Waals surface area contributed by atoms with Crippen LogP contribution < -0.4 is 10.1 Å². The number of halogens is 1. The maximum absolute atomic E-state index is 5.83. The molecule has 1 aromatic heterocycles. The van der Waals surface area contributed by atoms with E-state index in [1.807, 2.05) is 6.92 Å². The normalized spacial score (nSPS) is 16.6. The fourth-order valence-corrected chi connectivity index (χ4v) is 2.75. The van der Waals surface area contributed by atoms with Gasteiger partial charge in [0.15, 0.2) is 0 Å². The van der Waals surface area contributed by atoms with Crippen LogP contribution in [0.5, 0.6) is 5.88 Å². The van der Waals surface area contributed by atoms with E-state index >= 15 is 0 Å². The highest BCUT2D eigenvalue weighted by atomic mass is 79.9. The van der Waals surface area contributed by atoms with Crippen LogP contribution in [0.2, 0.25) is 0 Å². The van der Waals surface area contributed by atoms with Crippen molar-refractivity contribution >= 4 is 21.7 Å². The Kier molecular flexibility index (Phi) is 5.23. The minimum absolute atomic E-state index is 0.645. The third-order valence-corrected chi connectivity index (χ3v) is 4.00. The molecule has 0 aromatic carbocycles. The van der Waals surface area contributed by atoms with Crippen molar-refractivity contribution in [3.8, 4) is 5.88 Å². The van der Waals surface area contributed by atoms with Crippen LogP contribution in [0.15, 0.2) is 10.8 Å². The fraction of sp³-hybridized carbons (Fsp3) is 0.692. The Balaban J connectivity index is 1.93. The topological polar surface area (TPSA) is 47.0 Å². The number of rotatable bonds is 5. The molecule has 100 valence electrons. The molecule has 1 N–H and O–H groups in total. The lowest BCUT2D eigenvalue weighted by atomic mass is 9.90. The first-order valence-electron chi connectivity index (χ1n) is 6.68. The summed E-state index contributed by atoms with van der Waals surface area (Å²) < 4.78 is 6.65. The van der Waals surface area contributed by atoms with Crippen LogP contribution in [-0.4, -0.2) is 23.1 Å². The van der Waals surface area contributed by atoms with Gasteiger partial charge in [-0.25, -0.2) is 9.97 Å². The number of hydrogen-bond donors (Lipinski definition) is 1. The van der Waals surface area contributed by atoms with Gasteiger partial charge in [0.05, 0.1) is 6.61 Å². The highest BCUT2D eigenvalue weighted by molar-refractivity contribution is 9.10. The monoisotopic (exact) mass is 313 g/mol. The number of ether oxygens (including phenoxy) is 1. The van der Waals surface area contributed by atoms with Gasteiger partial charge >= 0.3 is 0 Å². The molecule has 1 heterocycles. The van der Waals surface area contributed by atoms with Gasteiger partial charge in [0.1, 0.15) is 16.6 Å². The van der Waals surface area contributed by atoms with Gasteiger partial charge in [0, 0.05) is 6.54 Å². The second kappa shape index (κ2) is 6.92. The van der Waals surface area contributed by atoms with Crippen LogP contribution in [-0.2, 0) is 0 Å². The first-order chi connectivity index (χ1) is 8.81. The fourth-order valence-electron chi connectivity index (χ4n) is 2.30. The number of aromatic nitrogens is 2. The van der Waals surface area contributed by atoms with Crippen LogP contribution >= 0.6 is 15.9 Å². The van der Waals surface area contributed by atoms with E-state index in [4.69, 9.17) is 4.74 Å². The van der Waals surface area contributed by atoms with Gasteiger partial charge in [0.2, 0.25) is 5.88 Å². The van der Waals surface area contributed by atoms with Crippen molar-refractivity contribution in [3.05, 3.63) is 10.8 Å². The molecule has 2 rings (SSSR count). The highest BCUT2D eigenvalue weighted by Crippen LogP contribution is 2.30. The Labute approximate surface area is 117 Å². The molecule has 1 aliphatic rings. The Bertz CT molecular complexity index is 380. The predicted molar refractivity (Wildman–Crippen MR) is 76.0 cm³/mol. The standard InChI is InChI=1S/C13H20BrN3O/c1-2-15-12-11(14)13(17-9-16-12)18-8-10-6-4-3-5-7-10/h9-10H,2-8H2,1H3,(H,15,16,17). The van der Waals surface area contributed by atoms with Crippen molar-refractivity contribution in [3.63, 3.8) is 0 Å². The van der Waals surface area contributed by atoms with Gasteiger partial charge in [-0.15, -0.1) is 0 Å². The molecule has 0 saturated heterocycles. The smallest absolute Gasteiger partial charge is 0.233 e. The minimum Gasteiger partial charge on any atom is -0.476 e. The Hall–Kier alpha value is -0.840. The maximum Gasteiger partial charge on any atom is 0.233 e. The minimum atomic E-state index is 0.645. The summed E-state index contributed by atoms with van der Waals surface area (Å²) in [5, 5.41) is 3.18. The molecule has 1 aromatic rings. The molecule has 0 bridgehead atoms. The Morgan fingerprint density at radius 1 is 1.33 bits per heavy atom. The Morgan fingerprint density at radius 3 is 2.83 bits per heavy atom. The molecule has 1 fully saturated rings. The lowest BCUT2D eigenvalue weighted by Gasteiger charge is -2.21. The van der Waals surface area contributed by atoms with Crippen LogP contribution in [0.3, 0.4) is 0 Å². The summed E-state index contributed by atoms with van der Waals surface area (Å²) in [6.07, 6.45) is 8.14. The number of nitrogens with one attached hydrogen (secondary N) is 1. The van der Waals surface area contributed by atoms with Gasteiger partial charge < -0.3 is 10.1 Å². The van der Waals surface area contributed by atoms with E-state index in [1.165, 1.54) is 32.1 Å². The first kappa shape index (κ1) is 13.6. The zero-order chi connectivity index (χ0) is 12.8. The van der Waals surface area contributed by atoms with E-state index in [0.717, 1.165) is 23.4 Å². The molecule has 18 heavy (non-hydrogen) atoms. The number of hydrogen-bond acceptors (Lipinski definition) is 4. The summed E-state index contributed by atoms with van der Waals surface area (Å²) >= 11 is 3.49. The van der Waals surface area contributed by atoms with Crippen LogP contribution in [0.1, 0.15) is 39.0 Å². The molecule has 4 nitrogen and oxygen atoms in total.